The average Bonchev–Trinajstić information content (AvgIpc) is 3.00. The van der Waals surface area contributed by atoms with Crippen LogP contribution in [-0.4, -0.2) is 56.6 Å². The van der Waals surface area contributed by atoms with Crippen molar-refractivity contribution in [3.8, 4) is 0 Å². The highest BCUT2D eigenvalue weighted by Crippen LogP contribution is 2.38. The van der Waals surface area contributed by atoms with Crippen molar-refractivity contribution in [3.63, 3.8) is 0 Å². The average molecular weight is 394 g/mol. The number of hydrogen-bond acceptors (Lipinski definition) is 5. The first-order valence-electron chi connectivity index (χ1n) is 9.89. The van der Waals surface area contributed by atoms with Crippen molar-refractivity contribution in [1.82, 2.24) is 4.90 Å². The number of aliphatic hydroxyl groups is 1. The summed E-state index contributed by atoms with van der Waals surface area (Å²) in [6.07, 6.45) is 0.609. The normalized spacial score (nSPS) is 19.9. The third-order valence-electron chi connectivity index (χ3n) is 5.71. The maximum absolute atomic E-state index is 11.9. The second-order valence-electron chi connectivity index (χ2n) is 8.91. The smallest absolute Gasteiger partial charge is 0.338 e. The first-order chi connectivity index (χ1) is 12.5. The summed E-state index contributed by atoms with van der Waals surface area (Å²) in [7, 11) is -1.77. The first kappa shape index (κ1) is 22.1. The molecule has 27 heavy (non-hydrogen) atoms. The molecule has 2 atom stereocenters. The van der Waals surface area contributed by atoms with Gasteiger partial charge in [-0.25, -0.2) is 4.79 Å². The van der Waals surface area contributed by atoms with Crippen molar-refractivity contribution in [2.75, 3.05) is 26.2 Å². The number of carbonyl (C=O) groups excluding carboxylic acids is 1. The number of likely N-dealkylation sites (tertiary alicyclic amines) is 1. The fourth-order valence-electron chi connectivity index (χ4n) is 3.09. The summed E-state index contributed by atoms with van der Waals surface area (Å²) in [6, 6.07) is 7.08. The molecule has 1 aromatic rings. The molecule has 0 aromatic heterocycles. The van der Waals surface area contributed by atoms with Gasteiger partial charge in [-0.3, -0.25) is 4.90 Å². The Hall–Kier alpha value is -1.21. The number of hydrogen-bond donors (Lipinski definition) is 1. The molecule has 6 heteroatoms. The number of aliphatic hydroxyl groups excluding tert-OH is 1. The summed E-state index contributed by atoms with van der Waals surface area (Å²) in [4.78, 5) is 14.1. The van der Waals surface area contributed by atoms with Crippen molar-refractivity contribution < 1.29 is 19.1 Å². The van der Waals surface area contributed by atoms with Crippen molar-refractivity contribution in [1.29, 1.82) is 0 Å². The Bertz CT molecular complexity index is 641. The third-order valence-corrected chi connectivity index (χ3v) is 10.2. The molecule has 1 fully saturated rings. The van der Waals surface area contributed by atoms with Crippen LogP contribution in [0, 0.1) is 0 Å². The van der Waals surface area contributed by atoms with Gasteiger partial charge in [0.05, 0.1) is 24.4 Å². The highest BCUT2D eigenvalue weighted by Gasteiger charge is 2.40. The number of esters is 1. The summed E-state index contributed by atoms with van der Waals surface area (Å²) >= 11 is 0. The monoisotopic (exact) mass is 393 g/mol. The topological polar surface area (TPSA) is 59.0 Å². The van der Waals surface area contributed by atoms with E-state index in [0.717, 1.165) is 25.1 Å². The largest absolute Gasteiger partial charge is 0.462 e. The minimum atomic E-state index is -1.77. The highest BCUT2D eigenvalue weighted by atomic mass is 28.4. The number of carbonyl (C=O) groups is 1. The molecule has 2 rings (SSSR count). The molecular formula is C21H35NO4Si. The van der Waals surface area contributed by atoms with Crippen LogP contribution in [0.2, 0.25) is 18.1 Å². The molecule has 0 spiro atoms. The van der Waals surface area contributed by atoms with E-state index in [-0.39, 0.29) is 17.1 Å². The quantitative estimate of drug-likeness (QED) is 0.561. The van der Waals surface area contributed by atoms with E-state index in [9.17, 15) is 9.90 Å². The van der Waals surface area contributed by atoms with Gasteiger partial charge in [-0.15, -0.1) is 0 Å². The molecule has 152 valence electrons. The maximum Gasteiger partial charge on any atom is 0.338 e. The minimum absolute atomic E-state index is 0.202. The summed E-state index contributed by atoms with van der Waals surface area (Å²) in [5.41, 5.74) is 1.23. The number of benzene rings is 1. The van der Waals surface area contributed by atoms with Crippen LogP contribution in [0.25, 0.3) is 0 Å². The van der Waals surface area contributed by atoms with Crippen LogP contribution < -0.4 is 0 Å². The first-order valence-corrected chi connectivity index (χ1v) is 12.8. The molecule has 1 aliphatic rings. The van der Waals surface area contributed by atoms with E-state index in [1.807, 2.05) is 6.07 Å². The molecular weight excluding hydrogens is 358 g/mol. The van der Waals surface area contributed by atoms with E-state index < -0.39 is 14.4 Å². The lowest BCUT2D eigenvalue weighted by Crippen LogP contribution is -2.44. The molecule has 0 amide bonds. The number of β-amino-alcohol motifs (C(OH)–C–C–N with tert-alkyl or cyclic N) is 1. The molecule has 5 nitrogen and oxygen atoms in total. The standard InChI is InChI=1S/C21H35NO4Si/c1-7-25-20(24)17-10-8-9-16(13-17)19(23)15-22-12-11-18(14-22)26-27(5,6)21(2,3)4/h8-10,13,18-19,23H,7,11-12,14-15H2,1-6H3/t18-,19+/m0/s1. The van der Waals surface area contributed by atoms with E-state index in [0.29, 0.717) is 18.7 Å². The van der Waals surface area contributed by atoms with Gasteiger partial charge in [0.1, 0.15) is 0 Å². The van der Waals surface area contributed by atoms with Gasteiger partial charge in [0, 0.05) is 19.6 Å². The predicted octanol–water partition coefficient (Wildman–Crippen LogP) is 3.99. The van der Waals surface area contributed by atoms with Crippen molar-refractivity contribution in [2.45, 2.75) is 64.5 Å². The Balaban J connectivity index is 1.93. The van der Waals surface area contributed by atoms with Gasteiger partial charge in [0.2, 0.25) is 0 Å². The second-order valence-corrected chi connectivity index (χ2v) is 13.7. The van der Waals surface area contributed by atoms with Gasteiger partial charge in [0.25, 0.3) is 0 Å². The van der Waals surface area contributed by atoms with Crippen LogP contribution in [0.4, 0.5) is 0 Å². The maximum atomic E-state index is 11.9. The fourth-order valence-corrected chi connectivity index (χ4v) is 4.47. The van der Waals surface area contributed by atoms with E-state index in [2.05, 4.69) is 38.8 Å². The van der Waals surface area contributed by atoms with Crippen LogP contribution in [0.15, 0.2) is 24.3 Å². The van der Waals surface area contributed by atoms with Gasteiger partial charge >= 0.3 is 5.97 Å². The molecule has 1 N–H and O–H groups in total. The van der Waals surface area contributed by atoms with Crippen LogP contribution in [0.1, 0.15) is 56.1 Å². The molecule has 0 saturated carbocycles. The lowest BCUT2D eigenvalue weighted by Gasteiger charge is -2.38. The summed E-state index contributed by atoms with van der Waals surface area (Å²) < 4.78 is 11.6. The summed E-state index contributed by atoms with van der Waals surface area (Å²) in [5.74, 6) is -0.351. The molecule has 0 bridgehead atoms. The zero-order valence-corrected chi connectivity index (χ0v) is 18.6. The molecule has 0 aliphatic carbocycles. The van der Waals surface area contributed by atoms with E-state index in [1.165, 1.54) is 0 Å². The minimum Gasteiger partial charge on any atom is -0.462 e. The molecule has 1 saturated heterocycles. The van der Waals surface area contributed by atoms with Crippen LogP contribution in [-0.2, 0) is 9.16 Å². The van der Waals surface area contributed by atoms with Gasteiger partial charge in [-0.05, 0) is 49.2 Å². The lowest BCUT2D eigenvalue weighted by molar-refractivity contribution is 0.0526. The number of ether oxygens (including phenoxy) is 1. The van der Waals surface area contributed by atoms with E-state index in [4.69, 9.17) is 9.16 Å². The molecule has 1 aromatic carbocycles. The zero-order valence-electron chi connectivity index (χ0n) is 17.6. The van der Waals surface area contributed by atoms with Crippen molar-refractivity contribution in [2.24, 2.45) is 0 Å². The van der Waals surface area contributed by atoms with Gasteiger partial charge in [-0.1, -0.05) is 32.9 Å². The van der Waals surface area contributed by atoms with E-state index in [1.54, 1.807) is 25.1 Å². The molecule has 1 heterocycles. The highest BCUT2D eigenvalue weighted by molar-refractivity contribution is 6.74. The zero-order chi connectivity index (χ0) is 20.2. The number of rotatable bonds is 7. The van der Waals surface area contributed by atoms with Gasteiger partial charge in [0.15, 0.2) is 8.32 Å². The second kappa shape index (κ2) is 8.86. The van der Waals surface area contributed by atoms with E-state index >= 15 is 0 Å². The predicted molar refractivity (Wildman–Crippen MR) is 110 cm³/mol. The molecule has 1 aliphatic heterocycles. The fraction of sp³-hybridized carbons (Fsp3) is 0.667. The van der Waals surface area contributed by atoms with Crippen molar-refractivity contribution >= 4 is 14.3 Å². The lowest BCUT2D eigenvalue weighted by atomic mass is 10.1. The van der Waals surface area contributed by atoms with Crippen molar-refractivity contribution in [3.05, 3.63) is 35.4 Å². The van der Waals surface area contributed by atoms with Crippen LogP contribution in [0.5, 0.6) is 0 Å². The Morgan fingerprint density at radius 3 is 2.70 bits per heavy atom. The summed E-state index contributed by atoms with van der Waals surface area (Å²) in [6.45, 7) is 15.8. The Kier molecular flexibility index (Phi) is 7.25. The number of nitrogens with zero attached hydrogens (tertiary/aromatic N) is 1. The molecule has 0 unspecified atom stereocenters. The van der Waals surface area contributed by atoms with Gasteiger partial charge < -0.3 is 14.3 Å². The van der Waals surface area contributed by atoms with Crippen LogP contribution in [0.3, 0.4) is 0 Å². The third kappa shape index (κ3) is 5.88. The molecule has 0 radical (unpaired) electrons. The Morgan fingerprint density at radius 2 is 2.07 bits per heavy atom. The van der Waals surface area contributed by atoms with Crippen LogP contribution >= 0.6 is 0 Å². The summed E-state index contributed by atoms with van der Waals surface area (Å²) in [5, 5.41) is 10.8. The SMILES string of the molecule is CCOC(=O)c1cccc([C@H](O)CN2CC[C@H](O[Si](C)(C)C(C)(C)C)C2)c1. The Morgan fingerprint density at radius 1 is 1.37 bits per heavy atom. The van der Waals surface area contributed by atoms with Gasteiger partial charge in [-0.2, -0.15) is 0 Å². The Labute approximate surface area is 164 Å².